The SMILES string of the molecule is O=C(C1CCS(=O)(=O)CC1)N1CC[C@@]2(S(=O)(=O)c3ccccc3)c3ccc(OCc4cc(Cl)ccc4Cl)cc3CC[C@@H]12. The van der Waals surface area contributed by atoms with E-state index in [1.54, 1.807) is 59.5 Å². The zero-order valence-corrected chi connectivity index (χ0v) is 26.0. The molecule has 0 bridgehead atoms. The summed E-state index contributed by atoms with van der Waals surface area (Å²) < 4.78 is 57.9. The van der Waals surface area contributed by atoms with Crippen LogP contribution in [0.15, 0.2) is 71.6 Å². The fraction of sp³-hybridized carbons (Fsp3) is 0.387. The molecule has 11 heteroatoms. The van der Waals surface area contributed by atoms with E-state index in [0.717, 1.165) is 11.1 Å². The molecule has 1 amide bonds. The fourth-order valence-electron chi connectivity index (χ4n) is 6.85. The molecule has 3 aromatic carbocycles. The van der Waals surface area contributed by atoms with Gasteiger partial charge in [-0.15, -0.1) is 0 Å². The second-order valence-corrected chi connectivity index (χ2v) is 16.7. The van der Waals surface area contributed by atoms with Gasteiger partial charge in [-0.05, 0) is 85.7 Å². The van der Waals surface area contributed by atoms with Gasteiger partial charge >= 0.3 is 0 Å². The molecule has 7 nitrogen and oxygen atoms in total. The van der Waals surface area contributed by atoms with Crippen LogP contribution in [-0.4, -0.2) is 51.7 Å². The van der Waals surface area contributed by atoms with Crippen LogP contribution in [0.5, 0.6) is 5.75 Å². The van der Waals surface area contributed by atoms with Crippen LogP contribution in [0.3, 0.4) is 0 Å². The van der Waals surface area contributed by atoms with Crippen LogP contribution in [0.4, 0.5) is 0 Å². The zero-order valence-electron chi connectivity index (χ0n) is 22.8. The van der Waals surface area contributed by atoms with Crippen LogP contribution >= 0.6 is 23.2 Å². The number of halogens is 2. The van der Waals surface area contributed by atoms with E-state index >= 15 is 0 Å². The Bertz CT molecular complexity index is 1730. The van der Waals surface area contributed by atoms with Crippen LogP contribution in [-0.2, 0) is 42.2 Å². The predicted octanol–water partition coefficient (Wildman–Crippen LogP) is 5.61. The molecule has 2 saturated heterocycles. The van der Waals surface area contributed by atoms with Crippen LogP contribution in [0, 0.1) is 5.92 Å². The van der Waals surface area contributed by atoms with E-state index in [9.17, 15) is 21.6 Å². The largest absolute Gasteiger partial charge is 0.489 e. The number of sulfone groups is 2. The van der Waals surface area contributed by atoms with Gasteiger partial charge in [-0.25, -0.2) is 16.8 Å². The molecule has 0 unspecified atom stereocenters. The number of carbonyl (C=O) groups is 1. The second-order valence-electron chi connectivity index (χ2n) is 11.3. The number of fused-ring (bicyclic) bond motifs is 3. The molecule has 2 atom stereocenters. The monoisotopic (exact) mass is 647 g/mol. The lowest BCUT2D eigenvalue weighted by Gasteiger charge is -2.43. The molecule has 6 rings (SSSR count). The normalized spacial score (nSPS) is 23.7. The van der Waals surface area contributed by atoms with Gasteiger partial charge in [-0.3, -0.25) is 4.79 Å². The molecule has 3 aliphatic rings. The topological polar surface area (TPSA) is 97.8 Å². The third kappa shape index (κ3) is 5.12. The second kappa shape index (κ2) is 11.2. The minimum Gasteiger partial charge on any atom is -0.489 e. The molecular formula is C31H31Cl2NO6S2. The van der Waals surface area contributed by atoms with E-state index in [4.69, 9.17) is 27.9 Å². The molecule has 3 aromatic rings. The van der Waals surface area contributed by atoms with Gasteiger partial charge in [0.2, 0.25) is 5.91 Å². The van der Waals surface area contributed by atoms with Gasteiger partial charge in [-0.2, -0.15) is 0 Å². The zero-order chi connectivity index (χ0) is 29.7. The maximum Gasteiger partial charge on any atom is 0.226 e. The summed E-state index contributed by atoms with van der Waals surface area (Å²) in [5, 5.41) is 1.09. The van der Waals surface area contributed by atoms with E-state index < -0.39 is 36.4 Å². The first-order valence-corrected chi connectivity index (χ1v) is 18.1. The van der Waals surface area contributed by atoms with Gasteiger partial charge in [0.15, 0.2) is 9.84 Å². The summed E-state index contributed by atoms with van der Waals surface area (Å²) in [5.74, 6) is 0.00823. The van der Waals surface area contributed by atoms with Crippen molar-refractivity contribution in [3.63, 3.8) is 0 Å². The third-order valence-corrected chi connectivity index (χ3v) is 13.8. The smallest absolute Gasteiger partial charge is 0.226 e. The van der Waals surface area contributed by atoms with Crippen molar-refractivity contribution in [1.29, 1.82) is 0 Å². The number of likely N-dealkylation sites (tertiary alicyclic amines) is 1. The lowest BCUT2D eigenvalue weighted by Crippen LogP contribution is -2.53. The van der Waals surface area contributed by atoms with Crippen LogP contribution in [0.2, 0.25) is 10.0 Å². The highest BCUT2D eigenvalue weighted by molar-refractivity contribution is 7.92. The maximum absolute atomic E-state index is 14.6. The highest BCUT2D eigenvalue weighted by Gasteiger charge is 2.61. The highest BCUT2D eigenvalue weighted by atomic mass is 35.5. The first kappa shape index (κ1) is 29.5. The minimum atomic E-state index is -3.93. The molecule has 0 aromatic heterocycles. The van der Waals surface area contributed by atoms with E-state index in [1.165, 1.54) is 0 Å². The van der Waals surface area contributed by atoms with Crippen LogP contribution < -0.4 is 4.74 Å². The number of aryl methyl sites for hydroxylation is 1. The van der Waals surface area contributed by atoms with Gasteiger partial charge in [0.25, 0.3) is 0 Å². The summed E-state index contributed by atoms with van der Waals surface area (Å²) in [6.07, 6.45) is 1.86. The van der Waals surface area contributed by atoms with Gasteiger partial charge in [0.05, 0.1) is 22.4 Å². The molecule has 0 saturated carbocycles. The molecule has 42 heavy (non-hydrogen) atoms. The van der Waals surface area contributed by atoms with E-state index in [0.29, 0.717) is 40.7 Å². The number of nitrogens with zero attached hydrogens (tertiary/aromatic N) is 1. The number of hydrogen-bond donors (Lipinski definition) is 0. The summed E-state index contributed by atoms with van der Waals surface area (Å²) in [4.78, 5) is 15.8. The summed E-state index contributed by atoms with van der Waals surface area (Å²) in [5.41, 5.74) is 2.31. The maximum atomic E-state index is 14.6. The molecule has 0 N–H and O–H groups in total. The summed E-state index contributed by atoms with van der Waals surface area (Å²) in [7, 11) is -7.06. The van der Waals surface area contributed by atoms with Crippen LogP contribution in [0.25, 0.3) is 0 Å². The first-order valence-electron chi connectivity index (χ1n) is 14.0. The van der Waals surface area contributed by atoms with E-state index in [-0.39, 0.29) is 48.2 Å². The van der Waals surface area contributed by atoms with Crippen LogP contribution in [0.1, 0.15) is 42.4 Å². The van der Waals surface area contributed by atoms with Crippen molar-refractivity contribution in [3.8, 4) is 5.75 Å². The lowest BCUT2D eigenvalue weighted by atomic mass is 9.78. The Balaban J connectivity index is 1.36. The molecule has 0 radical (unpaired) electrons. The van der Waals surface area contributed by atoms with Crippen molar-refractivity contribution in [3.05, 3.63) is 93.5 Å². The minimum absolute atomic E-state index is 0.0125. The summed E-state index contributed by atoms with van der Waals surface area (Å²) in [6.45, 7) is 0.497. The number of ether oxygens (including phenoxy) is 1. The molecular weight excluding hydrogens is 617 g/mol. The average Bonchev–Trinajstić information content (AvgIpc) is 3.39. The van der Waals surface area contributed by atoms with Crippen molar-refractivity contribution in [2.24, 2.45) is 5.92 Å². The quantitative estimate of drug-likeness (QED) is 0.345. The van der Waals surface area contributed by atoms with Gasteiger partial charge in [-0.1, -0.05) is 47.5 Å². The highest BCUT2D eigenvalue weighted by Crippen LogP contribution is 2.53. The first-order chi connectivity index (χ1) is 20.0. The molecule has 2 aliphatic heterocycles. The Hall–Kier alpha value is -2.59. The molecule has 1 aliphatic carbocycles. The van der Waals surface area contributed by atoms with E-state index in [1.807, 2.05) is 12.1 Å². The standard InChI is InChI=1S/C31H31Cl2NO6S2/c32-24-7-10-28(33)23(18-24)20-40-25-8-9-27-22(19-25)6-11-29-31(27,42(38,39)26-4-2-1-3-5-26)14-15-34(29)30(35)21-12-16-41(36,37)17-13-21/h1-5,7-10,18-19,21,29H,6,11-17,20H2/t29-,31-/m1/s1. The fourth-order valence-corrected chi connectivity index (χ4v) is 11.1. The van der Waals surface area contributed by atoms with Gasteiger partial charge in [0.1, 0.15) is 26.9 Å². The predicted molar refractivity (Wildman–Crippen MR) is 162 cm³/mol. The Labute approximate surface area is 256 Å². The van der Waals surface area contributed by atoms with Crippen molar-refractivity contribution in [1.82, 2.24) is 4.90 Å². The molecule has 222 valence electrons. The van der Waals surface area contributed by atoms with Crippen molar-refractivity contribution in [2.75, 3.05) is 18.1 Å². The number of carbonyl (C=O) groups excluding carboxylic acids is 1. The third-order valence-electron chi connectivity index (χ3n) is 8.98. The Kier molecular flexibility index (Phi) is 7.83. The average molecular weight is 649 g/mol. The van der Waals surface area contributed by atoms with Crippen molar-refractivity contribution < 1.29 is 26.4 Å². The Morgan fingerprint density at radius 2 is 1.71 bits per heavy atom. The summed E-state index contributed by atoms with van der Waals surface area (Å²) >= 11 is 12.4. The number of benzene rings is 3. The molecule has 0 spiro atoms. The van der Waals surface area contributed by atoms with Gasteiger partial charge < -0.3 is 9.64 Å². The number of hydrogen-bond acceptors (Lipinski definition) is 6. The van der Waals surface area contributed by atoms with Gasteiger partial charge in [0, 0.05) is 28.1 Å². The Morgan fingerprint density at radius 1 is 0.976 bits per heavy atom. The van der Waals surface area contributed by atoms with Crippen molar-refractivity contribution in [2.45, 2.75) is 54.4 Å². The van der Waals surface area contributed by atoms with E-state index in [2.05, 4.69) is 0 Å². The number of rotatable bonds is 6. The summed E-state index contributed by atoms with van der Waals surface area (Å²) in [6, 6.07) is 18.5. The number of amides is 1. The van der Waals surface area contributed by atoms with Crippen molar-refractivity contribution >= 4 is 48.8 Å². The molecule has 2 fully saturated rings. The Morgan fingerprint density at radius 3 is 2.45 bits per heavy atom. The molecule has 2 heterocycles. The lowest BCUT2D eigenvalue weighted by molar-refractivity contribution is -0.137.